The summed E-state index contributed by atoms with van der Waals surface area (Å²) in [6.45, 7) is 1.92. The average Bonchev–Trinajstić information content (AvgIpc) is 2.77. The lowest BCUT2D eigenvalue weighted by molar-refractivity contribution is -0.166. The van der Waals surface area contributed by atoms with Gasteiger partial charge in [-0.3, -0.25) is 4.79 Å². The van der Waals surface area contributed by atoms with Crippen molar-refractivity contribution in [3.63, 3.8) is 0 Å². The number of rotatable bonds is 5. The van der Waals surface area contributed by atoms with E-state index in [9.17, 15) is 4.79 Å². The molecule has 1 aliphatic carbocycles. The summed E-state index contributed by atoms with van der Waals surface area (Å²) in [5.41, 5.74) is 3.30. The molecule has 0 amide bonds. The molecule has 2 aliphatic rings. The highest BCUT2D eigenvalue weighted by molar-refractivity contribution is 5.78. The molecule has 1 aliphatic heterocycles. The summed E-state index contributed by atoms with van der Waals surface area (Å²) in [7, 11) is 2.14. The van der Waals surface area contributed by atoms with Gasteiger partial charge in [-0.1, -0.05) is 61.0 Å². The lowest BCUT2D eigenvalue weighted by Crippen LogP contribution is -2.46. The third kappa shape index (κ3) is 4.90. The van der Waals surface area contributed by atoms with Crippen molar-refractivity contribution in [3.05, 3.63) is 60.2 Å². The van der Waals surface area contributed by atoms with Crippen molar-refractivity contribution in [2.75, 3.05) is 20.1 Å². The van der Waals surface area contributed by atoms with E-state index in [0.717, 1.165) is 45.2 Å². The molecule has 0 unspecified atom stereocenters. The Bertz CT molecular complexity index is 785. The molecule has 3 nitrogen and oxygen atoms in total. The van der Waals surface area contributed by atoms with Crippen LogP contribution in [0.4, 0.5) is 0 Å². The normalized spacial score (nSPS) is 20.3. The first-order valence-corrected chi connectivity index (χ1v) is 11.2. The van der Waals surface area contributed by atoms with E-state index in [1.807, 2.05) is 6.07 Å². The molecule has 1 heterocycles. The minimum Gasteiger partial charge on any atom is -0.462 e. The fraction of sp³-hybridized carbons (Fsp3) is 0.500. The van der Waals surface area contributed by atoms with Gasteiger partial charge in [-0.25, -0.2) is 0 Å². The van der Waals surface area contributed by atoms with Gasteiger partial charge in [0.05, 0.1) is 5.41 Å². The van der Waals surface area contributed by atoms with E-state index in [1.165, 1.54) is 36.0 Å². The van der Waals surface area contributed by atoms with Crippen LogP contribution in [-0.2, 0) is 16.0 Å². The summed E-state index contributed by atoms with van der Waals surface area (Å²) >= 11 is 0. The molecule has 3 heteroatoms. The fourth-order valence-electron chi connectivity index (χ4n) is 4.80. The highest BCUT2D eigenvalue weighted by atomic mass is 16.5. The Balaban J connectivity index is 1.50. The smallest absolute Gasteiger partial charge is 0.312 e. The van der Waals surface area contributed by atoms with Crippen LogP contribution in [0.5, 0.6) is 0 Å². The monoisotopic (exact) mass is 391 g/mol. The number of hydrogen-bond acceptors (Lipinski definition) is 3. The highest BCUT2D eigenvalue weighted by Gasteiger charge is 2.43. The van der Waals surface area contributed by atoms with Crippen LogP contribution in [0.25, 0.3) is 11.1 Å². The summed E-state index contributed by atoms with van der Waals surface area (Å²) in [5, 5.41) is 0. The van der Waals surface area contributed by atoms with Crippen LogP contribution in [0.1, 0.15) is 50.5 Å². The van der Waals surface area contributed by atoms with Crippen molar-refractivity contribution in [2.45, 2.75) is 57.5 Å². The second-order valence-electron chi connectivity index (χ2n) is 8.99. The third-order valence-electron chi connectivity index (χ3n) is 6.81. The van der Waals surface area contributed by atoms with Gasteiger partial charge in [0.15, 0.2) is 0 Å². The van der Waals surface area contributed by atoms with Gasteiger partial charge in [0.2, 0.25) is 0 Å². The molecule has 1 saturated carbocycles. The molecular weight excluding hydrogens is 358 g/mol. The first-order chi connectivity index (χ1) is 14.1. The predicted octanol–water partition coefficient (Wildman–Crippen LogP) is 5.48. The van der Waals surface area contributed by atoms with E-state index in [4.69, 9.17) is 4.74 Å². The highest BCUT2D eigenvalue weighted by Crippen LogP contribution is 2.38. The van der Waals surface area contributed by atoms with E-state index in [2.05, 4.69) is 60.5 Å². The molecule has 29 heavy (non-hydrogen) atoms. The average molecular weight is 392 g/mol. The Morgan fingerprint density at radius 3 is 2.21 bits per heavy atom. The molecule has 0 atom stereocenters. The van der Waals surface area contributed by atoms with Gasteiger partial charge in [0.25, 0.3) is 0 Å². The van der Waals surface area contributed by atoms with Gasteiger partial charge >= 0.3 is 5.97 Å². The molecule has 2 aromatic carbocycles. The molecule has 0 bridgehead atoms. The van der Waals surface area contributed by atoms with Crippen LogP contribution in [0.2, 0.25) is 0 Å². The number of carbonyl (C=O) groups excluding carboxylic acids is 1. The number of carbonyl (C=O) groups is 1. The largest absolute Gasteiger partial charge is 0.462 e. The number of benzene rings is 2. The predicted molar refractivity (Wildman–Crippen MR) is 118 cm³/mol. The molecule has 0 spiro atoms. The lowest BCUT2D eigenvalue weighted by atomic mass is 9.73. The topological polar surface area (TPSA) is 29.5 Å². The summed E-state index contributed by atoms with van der Waals surface area (Å²) in [5.74, 6) is 0.0460. The van der Waals surface area contributed by atoms with Crippen molar-refractivity contribution in [3.8, 4) is 11.1 Å². The van der Waals surface area contributed by atoms with Crippen LogP contribution >= 0.6 is 0 Å². The van der Waals surface area contributed by atoms with E-state index in [1.54, 1.807) is 0 Å². The Kier molecular flexibility index (Phi) is 6.34. The fourth-order valence-corrected chi connectivity index (χ4v) is 4.80. The summed E-state index contributed by atoms with van der Waals surface area (Å²) in [6.07, 6.45) is 8.40. The maximum absolute atomic E-state index is 13.3. The van der Waals surface area contributed by atoms with E-state index in [0.29, 0.717) is 0 Å². The van der Waals surface area contributed by atoms with Crippen molar-refractivity contribution < 1.29 is 9.53 Å². The van der Waals surface area contributed by atoms with Gasteiger partial charge in [-0.15, -0.1) is 0 Å². The number of likely N-dealkylation sites (tertiary alicyclic amines) is 1. The van der Waals surface area contributed by atoms with E-state index < -0.39 is 0 Å². The number of piperidine rings is 1. The Morgan fingerprint density at radius 1 is 0.931 bits per heavy atom. The van der Waals surface area contributed by atoms with Crippen molar-refractivity contribution in [1.82, 2.24) is 4.90 Å². The quantitative estimate of drug-likeness (QED) is 0.632. The SMILES string of the molecule is CN1CCC(Cc2ccc(-c3ccccc3)cc2)(C(=O)OC2CCCCC2)CC1. The zero-order valence-corrected chi connectivity index (χ0v) is 17.6. The maximum Gasteiger partial charge on any atom is 0.312 e. The molecule has 0 aromatic heterocycles. The summed E-state index contributed by atoms with van der Waals surface area (Å²) < 4.78 is 6.08. The number of nitrogens with zero attached hydrogens (tertiary/aromatic N) is 1. The van der Waals surface area contributed by atoms with Crippen LogP contribution in [0.3, 0.4) is 0 Å². The van der Waals surface area contributed by atoms with Gasteiger partial charge in [0, 0.05) is 0 Å². The van der Waals surface area contributed by atoms with Crippen molar-refractivity contribution in [2.24, 2.45) is 5.41 Å². The molecule has 2 aromatic rings. The Hall–Kier alpha value is -2.13. The first kappa shape index (κ1) is 20.2. The molecule has 1 saturated heterocycles. The summed E-state index contributed by atoms with van der Waals surface area (Å²) in [4.78, 5) is 15.7. The van der Waals surface area contributed by atoms with Gasteiger partial charge in [0.1, 0.15) is 6.10 Å². The molecule has 0 N–H and O–H groups in total. The minimum absolute atomic E-state index is 0.0460. The van der Waals surface area contributed by atoms with Crippen LogP contribution in [0, 0.1) is 5.41 Å². The number of esters is 1. The van der Waals surface area contributed by atoms with Crippen molar-refractivity contribution in [1.29, 1.82) is 0 Å². The number of hydrogen-bond donors (Lipinski definition) is 0. The molecule has 0 radical (unpaired) electrons. The third-order valence-corrected chi connectivity index (χ3v) is 6.81. The molecular formula is C26H33NO2. The number of ether oxygens (including phenoxy) is 1. The minimum atomic E-state index is -0.377. The standard InChI is InChI=1S/C26H33NO2/c1-27-18-16-26(17-19-27,25(28)29-24-10-6-3-7-11-24)20-21-12-14-23(15-13-21)22-8-4-2-5-9-22/h2,4-5,8-9,12-15,24H,3,6-7,10-11,16-20H2,1H3. The van der Waals surface area contributed by atoms with Gasteiger partial charge < -0.3 is 9.64 Å². The second kappa shape index (κ2) is 9.13. The summed E-state index contributed by atoms with van der Waals surface area (Å²) in [6, 6.07) is 19.2. The van der Waals surface area contributed by atoms with Crippen LogP contribution in [-0.4, -0.2) is 37.1 Å². The second-order valence-corrected chi connectivity index (χ2v) is 8.99. The van der Waals surface area contributed by atoms with Crippen molar-refractivity contribution >= 4 is 5.97 Å². The lowest BCUT2D eigenvalue weighted by Gasteiger charge is -2.40. The molecule has 4 rings (SSSR count). The first-order valence-electron chi connectivity index (χ1n) is 11.2. The maximum atomic E-state index is 13.3. The Morgan fingerprint density at radius 2 is 1.55 bits per heavy atom. The van der Waals surface area contributed by atoms with Gasteiger partial charge in [-0.05, 0) is 81.8 Å². The zero-order valence-electron chi connectivity index (χ0n) is 17.6. The van der Waals surface area contributed by atoms with E-state index >= 15 is 0 Å². The zero-order chi connectivity index (χ0) is 20.1. The van der Waals surface area contributed by atoms with E-state index in [-0.39, 0.29) is 17.5 Å². The Labute approximate surface area is 175 Å². The van der Waals surface area contributed by atoms with Crippen LogP contribution < -0.4 is 0 Å². The van der Waals surface area contributed by atoms with Crippen LogP contribution in [0.15, 0.2) is 54.6 Å². The molecule has 2 fully saturated rings. The van der Waals surface area contributed by atoms with Gasteiger partial charge in [-0.2, -0.15) is 0 Å². The molecule has 154 valence electrons.